The highest BCUT2D eigenvalue weighted by Gasteiger charge is 2.39. The lowest BCUT2D eigenvalue weighted by atomic mass is 9.70. The summed E-state index contributed by atoms with van der Waals surface area (Å²) in [5, 5.41) is 5.68. The molecule has 1 saturated carbocycles. The first-order chi connectivity index (χ1) is 5.37. The summed E-state index contributed by atoms with van der Waals surface area (Å²) in [5.74, 6) is 0. The third-order valence-electron chi connectivity index (χ3n) is 2.65. The van der Waals surface area contributed by atoms with E-state index in [2.05, 4.69) is 20.8 Å². The Labute approximate surface area is 79.6 Å². The molecular weight excluding hydrogens is 168 g/mol. The van der Waals surface area contributed by atoms with E-state index in [-0.39, 0.29) is 4.75 Å². The van der Waals surface area contributed by atoms with Crippen LogP contribution >= 0.6 is 11.9 Å². The highest BCUT2D eigenvalue weighted by Crippen LogP contribution is 2.45. The maximum absolute atomic E-state index is 5.99. The van der Waals surface area contributed by atoms with E-state index in [1.807, 2.05) is 0 Å². The van der Waals surface area contributed by atoms with Crippen molar-refractivity contribution in [3.05, 3.63) is 0 Å². The number of hydrogen-bond donors (Lipinski definition) is 2. The minimum absolute atomic E-state index is 0.196. The van der Waals surface area contributed by atoms with Crippen molar-refractivity contribution in [3.8, 4) is 0 Å². The van der Waals surface area contributed by atoms with Gasteiger partial charge in [-0.2, -0.15) is 0 Å². The summed E-state index contributed by atoms with van der Waals surface area (Å²) >= 11 is 1.47. The van der Waals surface area contributed by atoms with Crippen LogP contribution in [0.4, 0.5) is 0 Å². The molecule has 12 heavy (non-hydrogen) atoms. The molecule has 2 nitrogen and oxygen atoms in total. The second-order valence-electron chi connectivity index (χ2n) is 5.08. The van der Waals surface area contributed by atoms with Gasteiger partial charge in [0.15, 0.2) is 0 Å². The molecule has 1 aliphatic rings. The molecule has 1 fully saturated rings. The van der Waals surface area contributed by atoms with E-state index in [1.165, 1.54) is 18.4 Å². The van der Waals surface area contributed by atoms with E-state index in [4.69, 9.17) is 10.9 Å². The first-order valence-corrected chi connectivity index (χ1v) is 5.38. The van der Waals surface area contributed by atoms with Gasteiger partial charge >= 0.3 is 0 Å². The van der Waals surface area contributed by atoms with Crippen LogP contribution in [0.1, 0.15) is 40.0 Å². The molecule has 0 amide bonds. The molecule has 4 N–H and O–H groups in total. The van der Waals surface area contributed by atoms with Crippen molar-refractivity contribution in [2.24, 2.45) is 16.3 Å². The molecule has 2 unspecified atom stereocenters. The van der Waals surface area contributed by atoms with E-state index in [9.17, 15) is 0 Å². The van der Waals surface area contributed by atoms with Crippen molar-refractivity contribution in [2.75, 3.05) is 0 Å². The molecular formula is C9H20N2S. The Balaban J connectivity index is 2.70. The summed E-state index contributed by atoms with van der Waals surface area (Å²) in [5.41, 5.74) is 6.35. The van der Waals surface area contributed by atoms with Crippen LogP contribution in [0, 0.1) is 5.41 Å². The molecule has 0 radical (unpaired) electrons. The quantitative estimate of drug-likeness (QED) is 0.618. The van der Waals surface area contributed by atoms with Crippen LogP contribution in [0.5, 0.6) is 0 Å². The smallest absolute Gasteiger partial charge is 0.0294 e. The van der Waals surface area contributed by atoms with E-state index in [0.717, 1.165) is 12.8 Å². The zero-order valence-corrected chi connectivity index (χ0v) is 9.08. The van der Waals surface area contributed by atoms with E-state index in [1.54, 1.807) is 0 Å². The van der Waals surface area contributed by atoms with Gasteiger partial charge in [-0.3, -0.25) is 5.14 Å². The molecule has 72 valence electrons. The van der Waals surface area contributed by atoms with Crippen LogP contribution < -0.4 is 10.9 Å². The molecule has 3 heteroatoms. The number of hydrogen-bond acceptors (Lipinski definition) is 3. The first-order valence-electron chi connectivity index (χ1n) is 4.50. The van der Waals surface area contributed by atoms with Gasteiger partial charge in [0.2, 0.25) is 0 Å². The average Bonchev–Trinajstić information content (AvgIpc) is 1.82. The molecule has 0 heterocycles. The SMILES string of the molecule is CC1(C)CC(N)CC(C)(SN)C1. The first kappa shape index (κ1) is 10.4. The van der Waals surface area contributed by atoms with Gasteiger partial charge in [0.1, 0.15) is 0 Å². The molecule has 0 spiro atoms. The zero-order chi connectivity index (χ0) is 9.41. The topological polar surface area (TPSA) is 52.0 Å². The fourth-order valence-corrected chi connectivity index (χ4v) is 3.37. The molecule has 0 aromatic rings. The van der Waals surface area contributed by atoms with Gasteiger partial charge in [0.05, 0.1) is 0 Å². The number of rotatable bonds is 1. The van der Waals surface area contributed by atoms with Gasteiger partial charge in [0, 0.05) is 10.8 Å². The summed E-state index contributed by atoms with van der Waals surface area (Å²) in [4.78, 5) is 0. The van der Waals surface area contributed by atoms with Gasteiger partial charge in [-0.15, -0.1) is 0 Å². The van der Waals surface area contributed by atoms with Crippen LogP contribution in [0.15, 0.2) is 0 Å². The van der Waals surface area contributed by atoms with Crippen molar-refractivity contribution >= 4 is 11.9 Å². The highest BCUT2D eigenvalue weighted by atomic mass is 32.2. The maximum Gasteiger partial charge on any atom is 0.0294 e. The molecule has 0 aromatic heterocycles. The van der Waals surface area contributed by atoms with E-state index >= 15 is 0 Å². The summed E-state index contributed by atoms with van der Waals surface area (Å²) in [6, 6.07) is 0.329. The zero-order valence-electron chi connectivity index (χ0n) is 8.26. The lowest BCUT2D eigenvalue weighted by Crippen LogP contribution is -2.45. The lowest BCUT2D eigenvalue weighted by molar-refractivity contribution is 0.189. The second-order valence-corrected chi connectivity index (χ2v) is 6.30. The summed E-state index contributed by atoms with van der Waals surface area (Å²) < 4.78 is 0.196. The number of nitrogens with two attached hydrogens (primary N) is 2. The summed E-state index contributed by atoms with van der Waals surface area (Å²) in [6.45, 7) is 6.78. The van der Waals surface area contributed by atoms with Crippen LogP contribution in [0.25, 0.3) is 0 Å². The Morgan fingerprint density at radius 1 is 1.25 bits per heavy atom. The monoisotopic (exact) mass is 188 g/mol. The van der Waals surface area contributed by atoms with Crippen molar-refractivity contribution in [1.29, 1.82) is 0 Å². The minimum Gasteiger partial charge on any atom is -0.328 e. The molecule has 1 aliphatic carbocycles. The maximum atomic E-state index is 5.99. The van der Waals surface area contributed by atoms with Crippen molar-refractivity contribution in [1.82, 2.24) is 0 Å². The predicted molar refractivity (Wildman–Crippen MR) is 55.8 cm³/mol. The lowest BCUT2D eigenvalue weighted by Gasteiger charge is -2.44. The Hall–Kier alpha value is 0.270. The molecule has 0 saturated heterocycles. The third kappa shape index (κ3) is 2.38. The molecule has 2 atom stereocenters. The fourth-order valence-electron chi connectivity index (χ4n) is 2.58. The normalized spacial score (nSPS) is 41.2. The Morgan fingerprint density at radius 3 is 2.25 bits per heavy atom. The molecule has 0 aliphatic heterocycles. The fraction of sp³-hybridized carbons (Fsp3) is 1.00. The van der Waals surface area contributed by atoms with Gasteiger partial charge in [-0.05, 0) is 31.6 Å². The second kappa shape index (κ2) is 3.20. The van der Waals surface area contributed by atoms with Crippen molar-refractivity contribution in [3.63, 3.8) is 0 Å². The minimum atomic E-state index is 0.196. The van der Waals surface area contributed by atoms with Crippen LogP contribution in [-0.2, 0) is 0 Å². The van der Waals surface area contributed by atoms with Crippen LogP contribution in [0.2, 0.25) is 0 Å². The molecule has 1 rings (SSSR count). The van der Waals surface area contributed by atoms with Gasteiger partial charge < -0.3 is 5.73 Å². The summed E-state index contributed by atoms with van der Waals surface area (Å²) in [6.07, 6.45) is 3.36. The Bertz CT molecular complexity index is 170. The third-order valence-corrected chi connectivity index (χ3v) is 3.53. The van der Waals surface area contributed by atoms with Crippen molar-refractivity contribution < 1.29 is 0 Å². The summed E-state index contributed by atoms with van der Waals surface area (Å²) in [7, 11) is 0. The highest BCUT2D eigenvalue weighted by molar-refractivity contribution is 7.98. The average molecular weight is 188 g/mol. The van der Waals surface area contributed by atoms with Crippen LogP contribution in [0.3, 0.4) is 0 Å². The molecule has 0 aromatic carbocycles. The van der Waals surface area contributed by atoms with Gasteiger partial charge in [-0.25, -0.2) is 0 Å². The van der Waals surface area contributed by atoms with E-state index in [0.29, 0.717) is 11.5 Å². The van der Waals surface area contributed by atoms with Gasteiger partial charge in [0.25, 0.3) is 0 Å². The van der Waals surface area contributed by atoms with Gasteiger partial charge in [-0.1, -0.05) is 25.8 Å². The van der Waals surface area contributed by atoms with E-state index < -0.39 is 0 Å². The standard InChI is InChI=1S/C9H20N2S/c1-8(2)4-7(10)5-9(3,6-8)12-11/h7H,4-6,10-11H2,1-3H3. The van der Waals surface area contributed by atoms with Crippen molar-refractivity contribution in [2.45, 2.75) is 50.8 Å². The molecule has 0 bridgehead atoms. The predicted octanol–water partition coefficient (Wildman–Crippen LogP) is 1.89. The Morgan fingerprint density at radius 2 is 1.83 bits per heavy atom. The largest absolute Gasteiger partial charge is 0.328 e. The van der Waals surface area contributed by atoms with Crippen LogP contribution in [-0.4, -0.2) is 10.8 Å². The Kier molecular flexibility index (Phi) is 2.76.